The number of aromatic nitrogens is 3. The molecule has 0 unspecified atom stereocenters. The fraction of sp³-hybridized carbons (Fsp3) is 0.261. The summed E-state index contributed by atoms with van der Waals surface area (Å²) in [5, 5.41) is 2.96. The number of hydrogen-bond donors (Lipinski definition) is 1. The Morgan fingerprint density at radius 1 is 1.17 bits per heavy atom. The largest absolute Gasteiger partial charge is 0.354 e. The molecule has 1 atom stereocenters. The molecule has 1 amide bonds. The standard InChI is InChI=1S/C23H22FN5O/c24-18-7-1-5-16(13-18)14-26-23(30)17-6-3-11-28(15-17)22-20-9-4-12-29(20)19-8-2-10-25-21(19)27-22/h1-2,4-5,7-10,12-13,17H,3,6,11,14-15H2,(H,26,30)/t17-/m1/s1. The van der Waals surface area contributed by atoms with Gasteiger partial charge in [0.25, 0.3) is 0 Å². The molecule has 152 valence electrons. The van der Waals surface area contributed by atoms with Gasteiger partial charge >= 0.3 is 0 Å². The number of amides is 1. The number of piperidine rings is 1. The molecule has 1 aliphatic rings. The second-order valence-corrected chi connectivity index (χ2v) is 7.68. The van der Waals surface area contributed by atoms with Gasteiger partial charge in [-0.25, -0.2) is 14.4 Å². The highest BCUT2D eigenvalue weighted by atomic mass is 19.1. The Bertz CT molecular complexity index is 1220. The molecule has 4 aromatic rings. The predicted molar refractivity (Wildman–Crippen MR) is 114 cm³/mol. The van der Waals surface area contributed by atoms with Crippen molar-refractivity contribution in [2.24, 2.45) is 5.92 Å². The fourth-order valence-corrected chi connectivity index (χ4v) is 4.19. The van der Waals surface area contributed by atoms with Crippen molar-refractivity contribution < 1.29 is 9.18 Å². The number of rotatable bonds is 4. The van der Waals surface area contributed by atoms with Gasteiger partial charge in [-0.05, 0) is 54.8 Å². The predicted octanol–water partition coefficient (Wildman–Crippen LogP) is 3.55. The lowest BCUT2D eigenvalue weighted by Crippen LogP contribution is -2.43. The highest BCUT2D eigenvalue weighted by Gasteiger charge is 2.28. The van der Waals surface area contributed by atoms with Crippen molar-refractivity contribution in [3.63, 3.8) is 0 Å². The third-order valence-electron chi connectivity index (χ3n) is 5.66. The summed E-state index contributed by atoms with van der Waals surface area (Å²) in [7, 11) is 0. The number of benzene rings is 1. The van der Waals surface area contributed by atoms with Crippen molar-refractivity contribution in [3.05, 3.63) is 72.3 Å². The topological polar surface area (TPSA) is 62.5 Å². The lowest BCUT2D eigenvalue weighted by Gasteiger charge is -2.33. The smallest absolute Gasteiger partial charge is 0.225 e. The highest BCUT2D eigenvalue weighted by molar-refractivity contribution is 5.84. The average molecular weight is 403 g/mol. The van der Waals surface area contributed by atoms with Crippen molar-refractivity contribution in [3.8, 4) is 0 Å². The van der Waals surface area contributed by atoms with Gasteiger partial charge in [-0.2, -0.15) is 0 Å². The van der Waals surface area contributed by atoms with E-state index in [9.17, 15) is 9.18 Å². The van der Waals surface area contributed by atoms with Gasteiger partial charge in [0.05, 0.1) is 17.0 Å². The summed E-state index contributed by atoms with van der Waals surface area (Å²) in [4.78, 5) is 24.2. The molecule has 5 rings (SSSR count). The molecule has 3 aromatic heterocycles. The molecule has 30 heavy (non-hydrogen) atoms. The van der Waals surface area contributed by atoms with Crippen molar-refractivity contribution in [2.45, 2.75) is 19.4 Å². The van der Waals surface area contributed by atoms with Crippen LogP contribution in [-0.2, 0) is 11.3 Å². The van der Waals surface area contributed by atoms with Crippen LogP contribution in [0.3, 0.4) is 0 Å². The first-order valence-electron chi connectivity index (χ1n) is 10.2. The number of carbonyl (C=O) groups excluding carboxylic acids is 1. The van der Waals surface area contributed by atoms with Crippen LogP contribution in [0.5, 0.6) is 0 Å². The number of pyridine rings is 1. The van der Waals surface area contributed by atoms with Crippen molar-refractivity contribution in [2.75, 3.05) is 18.0 Å². The normalized spacial score (nSPS) is 16.8. The second-order valence-electron chi connectivity index (χ2n) is 7.68. The first-order valence-corrected chi connectivity index (χ1v) is 10.2. The Hall–Kier alpha value is -3.48. The number of carbonyl (C=O) groups is 1. The van der Waals surface area contributed by atoms with Crippen molar-refractivity contribution >= 4 is 28.4 Å². The van der Waals surface area contributed by atoms with Crippen LogP contribution in [0, 0.1) is 11.7 Å². The van der Waals surface area contributed by atoms with E-state index < -0.39 is 0 Å². The molecule has 0 aliphatic carbocycles. The third kappa shape index (κ3) is 3.47. The lowest BCUT2D eigenvalue weighted by atomic mass is 9.97. The molecule has 0 spiro atoms. The average Bonchev–Trinajstić information content (AvgIpc) is 3.27. The summed E-state index contributed by atoms with van der Waals surface area (Å²) < 4.78 is 15.5. The number of nitrogens with zero attached hydrogens (tertiary/aromatic N) is 4. The van der Waals surface area contributed by atoms with E-state index in [0.717, 1.165) is 41.8 Å². The Balaban J connectivity index is 1.36. The second kappa shape index (κ2) is 7.74. The van der Waals surface area contributed by atoms with Gasteiger partial charge in [0.1, 0.15) is 5.82 Å². The van der Waals surface area contributed by atoms with E-state index in [1.807, 2.05) is 36.5 Å². The molecule has 6 nitrogen and oxygen atoms in total. The van der Waals surface area contributed by atoms with E-state index in [4.69, 9.17) is 4.98 Å². The zero-order valence-electron chi connectivity index (χ0n) is 16.5. The van der Waals surface area contributed by atoms with E-state index in [-0.39, 0.29) is 17.6 Å². The minimum absolute atomic E-state index is 0.00530. The van der Waals surface area contributed by atoms with Crippen LogP contribution in [0.15, 0.2) is 60.9 Å². The van der Waals surface area contributed by atoms with Crippen LogP contribution < -0.4 is 10.2 Å². The first kappa shape index (κ1) is 18.5. The van der Waals surface area contributed by atoms with Crippen LogP contribution >= 0.6 is 0 Å². The molecular weight excluding hydrogens is 381 g/mol. The molecule has 1 fully saturated rings. The van der Waals surface area contributed by atoms with E-state index in [1.54, 1.807) is 12.3 Å². The van der Waals surface area contributed by atoms with Gasteiger partial charge in [-0.15, -0.1) is 0 Å². The molecule has 4 heterocycles. The quantitative estimate of drug-likeness (QED) is 0.566. The molecule has 0 bridgehead atoms. The molecule has 1 saturated heterocycles. The number of hydrogen-bond acceptors (Lipinski definition) is 4. The summed E-state index contributed by atoms with van der Waals surface area (Å²) in [6, 6.07) is 14.3. The van der Waals surface area contributed by atoms with E-state index in [0.29, 0.717) is 18.7 Å². The van der Waals surface area contributed by atoms with Gasteiger partial charge in [0.2, 0.25) is 5.91 Å². The Morgan fingerprint density at radius 3 is 2.97 bits per heavy atom. The van der Waals surface area contributed by atoms with Crippen LogP contribution in [-0.4, -0.2) is 33.4 Å². The molecule has 1 N–H and O–H groups in total. The van der Waals surface area contributed by atoms with E-state index >= 15 is 0 Å². The maximum absolute atomic E-state index is 13.4. The van der Waals surface area contributed by atoms with Gasteiger partial charge in [-0.1, -0.05) is 12.1 Å². The number of anilines is 1. The molecule has 0 saturated carbocycles. The fourth-order valence-electron chi connectivity index (χ4n) is 4.19. The lowest BCUT2D eigenvalue weighted by molar-refractivity contribution is -0.125. The summed E-state index contributed by atoms with van der Waals surface area (Å²) in [5.41, 5.74) is 3.42. The molecule has 1 aliphatic heterocycles. The number of fused-ring (bicyclic) bond motifs is 3. The van der Waals surface area contributed by atoms with Gasteiger partial charge in [0, 0.05) is 32.0 Å². The first-order chi connectivity index (χ1) is 14.7. The maximum atomic E-state index is 13.4. The van der Waals surface area contributed by atoms with E-state index in [1.165, 1.54) is 12.1 Å². The summed E-state index contributed by atoms with van der Waals surface area (Å²) in [6.45, 7) is 1.77. The number of halogens is 1. The minimum atomic E-state index is -0.294. The highest BCUT2D eigenvalue weighted by Crippen LogP contribution is 2.28. The summed E-state index contributed by atoms with van der Waals surface area (Å²) in [5.74, 6) is 0.421. The summed E-state index contributed by atoms with van der Waals surface area (Å²) in [6.07, 6.45) is 5.49. The van der Waals surface area contributed by atoms with Gasteiger partial charge < -0.3 is 14.6 Å². The molecule has 0 radical (unpaired) electrons. The summed E-state index contributed by atoms with van der Waals surface area (Å²) >= 11 is 0. The maximum Gasteiger partial charge on any atom is 0.225 e. The van der Waals surface area contributed by atoms with E-state index in [2.05, 4.69) is 19.6 Å². The van der Waals surface area contributed by atoms with Gasteiger partial charge in [0.15, 0.2) is 11.5 Å². The minimum Gasteiger partial charge on any atom is -0.354 e. The third-order valence-corrected chi connectivity index (χ3v) is 5.66. The SMILES string of the molecule is O=C(NCc1cccc(F)c1)[C@@H]1CCCN(c2nc3ncccc3n3cccc23)C1. The Kier molecular flexibility index (Phi) is 4.78. The Labute approximate surface area is 173 Å². The zero-order chi connectivity index (χ0) is 20.5. The van der Waals surface area contributed by atoms with Crippen LogP contribution in [0.1, 0.15) is 18.4 Å². The van der Waals surface area contributed by atoms with Crippen molar-refractivity contribution in [1.82, 2.24) is 19.7 Å². The van der Waals surface area contributed by atoms with Crippen LogP contribution in [0.2, 0.25) is 0 Å². The van der Waals surface area contributed by atoms with Gasteiger partial charge in [-0.3, -0.25) is 4.79 Å². The van der Waals surface area contributed by atoms with Crippen LogP contribution in [0.4, 0.5) is 10.2 Å². The molecule has 1 aromatic carbocycles. The number of nitrogens with one attached hydrogen (secondary N) is 1. The van der Waals surface area contributed by atoms with Crippen molar-refractivity contribution in [1.29, 1.82) is 0 Å². The zero-order valence-corrected chi connectivity index (χ0v) is 16.5. The van der Waals surface area contributed by atoms with Crippen LogP contribution in [0.25, 0.3) is 16.7 Å². The molecular formula is C23H22FN5O. The monoisotopic (exact) mass is 403 g/mol. The molecule has 7 heteroatoms. The Morgan fingerprint density at radius 2 is 2.07 bits per heavy atom.